The Labute approximate surface area is 174 Å². The molecule has 162 valence electrons. The topological polar surface area (TPSA) is 42.0 Å². The first-order valence-corrected chi connectivity index (χ1v) is 9.80. The zero-order valence-corrected chi connectivity index (χ0v) is 17.0. The van der Waals surface area contributed by atoms with Crippen LogP contribution in [0, 0.1) is 0 Å². The van der Waals surface area contributed by atoms with Gasteiger partial charge in [-0.3, -0.25) is 9.69 Å². The lowest BCUT2D eigenvalue weighted by molar-refractivity contribution is -0.137. The van der Waals surface area contributed by atoms with Crippen molar-refractivity contribution in [2.75, 3.05) is 39.9 Å². The van der Waals surface area contributed by atoms with Crippen LogP contribution in [-0.2, 0) is 12.7 Å². The second-order valence-corrected chi connectivity index (χ2v) is 7.06. The largest absolute Gasteiger partial charge is 0.493 e. The number of rotatable bonds is 6. The maximum atomic E-state index is 12.9. The van der Waals surface area contributed by atoms with E-state index >= 15 is 0 Å². The highest BCUT2D eigenvalue weighted by atomic mass is 19.4. The van der Waals surface area contributed by atoms with Gasteiger partial charge >= 0.3 is 6.18 Å². The molecule has 30 heavy (non-hydrogen) atoms. The lowest BCUT2D eigenvalue weighted by Gasteiger charge is -2.35. The van der Waals surface area contributed by atoms with E-state index in [-0.39, 0.29) is 5.91 Å². The van der Waals surface area contributed by atoms with E-state index in [1.807, 2.05) is 6.92 Å². The highest BCUT2D eigenvalue weighted by molar-refractivity contribution is 5.95. The van der Waals surface area contributed by atoms with Crippen LogP contribution in [0.2, 0.25) is 0 Å². The van der Waals surface area contributed by atoms with Crippen molar-refractivity contribution in [2.24, 2.45) is 0 Å². The lowest BCUT2D eigenvalue weighted by atomic mass is 10.1. The minimum atomic E-state index is -4.33. The van der Waals surface area contributed by atoms with E-state index in [9.17, 15) is 18.0 Å². The molecule has 0 N–H and O–H groups in total. The van der Waals surface area contributed by atoms with Gasteiger partial charge in [0, 0.05) is 38.3 Å². The highest BCUT2D eigenvalue weighted by Gasteiger charge is 2.30. The SMILES string of the molecule is CCOc1cc(C(=O)N2CCN(Cc3ccc(C(F)(F)F)cc3)CC2)ccc1OC. The van der Waals surface area contributed by atoms with E-state index in [4.69, 9.17) is 9.47 Å². The van der Waals surface area contributed by atoms with Gasteiger partial charge in [-0.25, -0.2) is 0 Å². The van der Waals surface area contributed by atoms with Gasteiger partial charge in [0.05, 0.1) is 19.3 Å². The molecule has 1 saturated heterocycles. The Morgan fingerprint density at radius 1 is 1.00 bits per heavy atom. The molecule has 0 spiro atoms. The summed E-state index contributed by atoms with van der Waals surface area (Å²) < 4.78 is 48.9. The van der Waals surface area contributed by atoms with Crippen LogP contribution in [0.4, 0.5) is 13.2 Å². The normalized spacial score (nSPS) is 15.2. The Bertz CT molecular complexity index is 861. The van der Waals surface area contributed by atoms with Crippen LogP contribution in [0.5, 0.6) is 11.5 Å². The van der Waals surface area contributed by atoms with Gasteiger partial charge in [0.2, 0.25) is 0 Å². The van der Waals surface area contributed by atoms with Crippen molar-refractivity contribution < 1.29 is 27.4 Å². The highest BCUT2D eigenvalue weighted by Crippen LogP contribution is 2.30. The molecule has 0 saturated carbocycles. The predicted octanol–water partition coefficient (Wildman–Crippen LogP) is 4.07. The molecule has 1 aliphatic rings. The van der Waals surface area contributed by atoms with Gasteiger partial charge < -0.3 is 14.4 Å². The van der Waals surface area contributed by atoms with Gasteiger partial charge in [0.25, 0.3) is 5.91 Å². The number of benzene rings is 2. The summed E-state index contributed by atoms with van der Waals surface area (Å²) in [4.78, 5) is 16.8. The molecule has 0 aromatic heterocycles. The molecular weight excluding hydrogens is 397 g/mol. The Balaban J connectivity index is 1.57. The summed E-state index contributed by atoms with van der Waals surface area (Å²) in [6, 6.07) is 10.4. The number of halogens is 3. The monoisotopic (exact) mass is 422 g/mol. The van der Waals surface area contributed by atoms with Crippen LogP contribution in [-0.4, -0.2) is 55.6 Å². The number of ether oxygens (including phenoxy) is 2. The average molecular weight is 422 g/mol. The van der Waals surface area contributed by atoms with E-state index < -0.39 is 11.7 Å². The zero-order valence-electron chi connectivity index (χ0n) is 17.0. The second kappa shape index (κ2) is 9.38. The number of nitrogens with zero attached hydrogens (tertiary/aromatic N) is 2. The number of carbonyl (C=O) groups is 1. The summed E-state index contributed by atoms with van der Waals surface area (Å²) in [5.74, 6) is 1.04. The van der Waals surface area contributed by atoms with E-state index in [0.29, 0.717) is 56.4 Å². The molecule has 1 heterocycles. The van der Waals surface area contributed by atoms with Crippen LogP contribution >= 0.6 is 0 Å². The third-order valence-corrected chi connectivity index (χ3v) is 5.06. The first-order valence-electron chi connectivity index (χ1n) is 9.80. The number of alkyl halides is 3. The Hall–Kier alpha value is -2.74. The van der Waals surface area contributed by atoms with Crippen molar-refractivity contribution in [3.8, 4) is 11.5 Å². The standard InChI is InChI=1S/C22H25F3N2O3/c1-3-30-20-14-17(6-9-19(20)29-2)21(28)27-12-10-26(11-13-27)15-16-4-7-18(8-5-16)22(23,24)25/h4-9,14H,3,10-13,15H2,1-2H3. The smallest absolute Gasteiger partial charge is 0.416 e. The minimum Gasteiger partial charge on any atom is -0.493 e. The van der Waals surface area contributed by atoms with Crippen LogP contribution < -0.4 is 9.47 Å². The van der Waals surface area contributed by atoms with Crippen LogP contribution in [0.3, 0.4) is 0 Å². The van der Waals surface area contributed by atoms with Crippen LogP contribution in [0.15, 0.2) is 42.5 Å². The van der Waals surface area contributed by atoms with Gasteiger partial charge in [-0.1, -0.05) is 12.1 Å². The molecule has 0 radical (unpaired) electrons. The fourth-order valence-electron chi connectivity index (χ4n) is 3.43. The molecular formula is C22H25F3N2O3. The van der Waals surface area contributed by atoms with Crippen molar-refractivity contribution in [3.63, 3.8) is 0 Å². The molecule has 1 fully saturated rings. The summed E-state index contributed by atoms with van der Waals surface area (Å²) in [7, 11) is 1.55. The lowest BCUT2D eigenvalue weighted by Crippen LogP contribution is -2.48. The molecule has 1 amide bonds. The minimum absolute atomic E-state index is 0.0761. The molecule has 5 nitrogen and oxygen atoms in total. The van der Waals surface area contributed by atoms with Crippen molar-refractivity contribution in [1.29, 1.82) is 0 Å². The quantitative estimate of drug-likeness (QED) is 0.704. The zero-order chi connectivity index (χ0) is 21.7. The second-order valence-electron chi connectivity index (χ2n) is 7.06. The first-order chi connectivity index (χ1) is 14.3. The van der Waals surface area contributed by atoms with E-state index in [0.717, 1.165) is 17.7 Å². The Morgan fingerprint density at radius 3 is 2.23 bits per heavy atom. The molecule has 0 bridgehead atoms. The van der Waals surface area contributed by atoms with Gasteiger partial charge in [-0.2, -0.15) is 13.2 Å². The molecule has 1 aliphatic heterocycles. The third kappa shape index (κ3) is 5.24. The van der Waals surface area contributed by atoms with Crippen molar-refractivity contribution in [2.45, 2.75) is 19.6 Å². The molecule has 0 aliphatic carbocycles. The molecule has 2 aromatic carbocycles. The van der Waals surface area contributed by atoms with E-state index in [1.54, 1.807) is 30.2 Å². The number of piperazine rings is 1. The Morgan fingerprint density at radius 2 is 1.67 bits per heavy atom. The van der Waals surface area contributed by atoms with Crippen molar-refractivity contribution in [3.05, 3.63) is 59.2 Å². The number of hydrogen-bond donors (Lipinski definition) is 0. The summed E-state index contributed by atoms with van der Waals surface area (Å²) in [6.45, 7) is 5.30. The maximum absolute atomic E-state index is 12.9. The van der Waals surface area contributed by atoms with Crippen molar-refractivity contribution in [1.82, 2.24) is 9.80 Å². The average Bonchev–Trinajstić information content (AvgIpc) is 2.74. The summed E-state index contributed by atoms with van der Waals surface area (Å²) in [5.41, 5.74) is 0.710. The number of methoxy groups -OCH3 is 1. The summed E-state index contributed by atoms with van der Waals surface area (Å²) in [5, 5.41) is 0. The molecule has 8 heteroatoms. The molecule has 2 aromatic rings. The van der Waals surface area contributed by atoms with Gasteiger partial charge in [-0.05, 0) is 42.8 Å². The molecule has 0 atom stereocenters. The van der Waals surface area contributed by atoms with E-state index in [2.05, 4.69) is 4.90 Å². The number of carbonyl (C=O) groups excluding carboxylic acids is 1. The number of hydrogen-bond acceptors (Lipinski definition) is 4. The Kier molecular flexibility index (Phi) is 6.87. The first kappa shape index (κ1) is 22.0. The van der Waals surface area contributed by atoms with Crippen molar-refractivity contribution >= 4 is 5.91 Å². The fraction of sp³-hybridized carbons (Fsp3) is 0.409. The third-order valence-electron chi connectivity index (χ3n) is 5.06. The fourth-order valence-corrected chi connectivity index (χ4v) is 3.43. The van der Waals surface area contributed by atoms with Gasteiger partial charge in [0.1, 0.15) is 0 Å². The summed E-state index contributed by atoms with van der Waals surface area (Å²) >= 11 is 0. The number of amides is 1. The van der Waals surface area contributed by atoms with Crippen LogP contribution in [0.1, 0.15) is 28.4 Å². The summed E-state index contributed by atoms with van der Waals surface area (Å²) in [6.07, 6.45) is -4.33. The maximum Gasteiger partial charge on any atom is 0.416 e. The van der Waals surface area contributed by atoms with Gasteiger partial charge in [0.15, 0.2) is 11.5 Å². The predicted molar refractivity (Wildman–Crippen MR) is 107 cm³/mol. The van der Waals surface area contributed by atoms with Crippen LogP contribution in [0.25, 0.3) is 0 Å². The molecule has 0 unspecified atom stereocenters. The van der Waals surface area contributed by atoms with Gasteiger partial charge in [-0.15, -0.1) is 0 Å². The molecule has 3 rings (SSSR count). The van der Waals surface area contributed by atoms with E-state index in [1.165, 1.54) is 12.1 Å².